The summed E-state index contributed by atoms with van der Waals surface area (Å²) in [4.78, 5) is -0.0224. The molecule has 1 aromatic heterocycles. The number of benzene rings is 3. The topological polar surface area (TPSA) is 78.8 Å². The van der Waals surface area contributed by atoms with E-state index in [9.17, 15) is 17.2 Å². The van der Waals surface area contributed by atoms with Crippen molar-refractivity contribution in [3.8, 4) is 22.8 Å². The first-order valence-electron chi connectivity index (χ1n) is 13.4. The number of nitrogens with zero attached hydrogens (tertiary/aromatic N) is 1. The second kappa shape index (κ2) is 13.9. The van der Waals surface area contributed by atoms with E-state index in [0.717, 1.165) is 35.0 Å². The van der Waals surface area contributed by atoms with Crippen LogP contribution in [-0.4, -0.2) is 39.8 Å². The summed E-state index contributed by atoms with van der Waals surface area (Å²) in [6.45, 7) is 2.80. The van der Waals surface area contributed by atoms with Crippen LogP contribution in [0.5, 0.6) is 11.5 Å². The number of hydrogen-bond acceptors (Lipinski definition) is 6. The molecule has 4 aromatic rings. The summed E-state index contributed by atoms with van der Waals surface area (Å²) in [5.41, 5.74) is 0.441. The Kier molecular flexibility index (Phi) is 10.3. The lowest BCUT2D eigenvalue weighted by molar-refractivity contribution is 0.184. The predicted octanol–water partition coefficient (Wildman–Crippen LogP) is 6.47. The Hall–Kier alpha value is -3.80. The minimum absolute atomic E-state index is 0.00329. The highest BCUT2D eigenvalue weighted by Gasteiger charge is 2.25. The molecule has 42 heavy (non-hydrogen) atoms. The number of rotatable bonds is 14. The molecule has 0 amide bonds. The van der Waals surface area contributed by atoms with Gasteiger partial charge in [-0.1, -0.05) is 12.1 Å². The van der Waals surface area contributed by atoms with Crippen molar-refractivity contribution in [3.63, 3.8) is 0 Å². The average Bonchev–Trinajstić information content (AvgIpc) is 3.38. The van der Waals surface area contributed by atoms with E-state index in [4.69, 9.17) is 14.2 Å². The highest BCUT2D eigenvalue weighted by Crippen LogP contribution is 2.33. The van der Waals surface area contributed by atoms with Gasteiger partial charge < -0.3 is 19.5 Å². The molecule has 1 N–H and O–H groups in total. The Morgan fingerprint density at radius 2 is 1.60 bits per heavy atom. The van der Waals surface area contributed by atoms with E-state index in [1.807, 2.05) is 0 Å². The van der Waals surface area contributed by atoms with Gasteiger partial charge in [0.2, 0.25) is 0 Å². The van der Waals surface area contributed by atoms with Gasteiger partial charge in [-0.15, -0.1) is 0 Å². The molecule has 4 rings (SSSR count). The Bertz CT molecular complexity index is 1600. The zero-order chi connectivity index (χ0) is 30.3. The van der Waals surface area contributed by atoms with Gasteiger partial charge in [0.25, 0.3) is 10.0 Å². The number of hydrogen-bond donors (Lipinski definition) is 1. The van der Waals surface area contributed by atoms with Crippen LogP contribution in [0.4, 0.5) is 13.2 Å². The Morgan fingerprint density at radius 3 is 2.29 bits per heavy atom. The number of nitrogens with one attached hydrogen (secondary N) is 1. The largest absolute Gasteiger partial charge is 0.494 e. The van der Waals surface area contributed by atoms with Crippen LogP contribution in [0.1, 0.15) is 37.0 Å². The summed E-state index contributed by atoms with van der Waals surface area (Å²) in [5.74, 6) is -1.91. The molecular weight excluding hydrogens is 569 g/mol. The lowest BCUT2D eigenvalue weighted by Crippen LogP contribution is -2.14. The molecule has 3 aromatic carbocycles. The van der Waals surface area contributed by atoms with Crippen LogP contribution in [0.25, 0.3) is 11.3 Å². The fourth-order valence-corrected chi connectivity index (χ4v) is 5.94. The summed E-state index contributed by atoms with van der Waals surface area (Å²) >= 11 is 0. The Balaban J connectivity index is 1.64. The molecule has 11 heteroatoms. The minimum Gasteiger partial charge on any atom is -0.494 e. The maximum Gasteiger partial charge on any atom is 0.268 e. The van der Waals surface area contributed by atoms with Crippen LogP contribution in [0.15, 0.2) is 77.8 Å². The molecule has 1 atom stereocenters. The molecule has 0 spiro atoms. The van der Waals surface area contributed by atoms with Gasteiger partial charge in [-0.25, -0.2) is 25.6 Å². The average molecular weight is 603 g/mol. The molecule has 1 unspecified atom stereocenters. The van der Waals surface area contributed by atoms with Crippen molar-refractivity contribution in [2.24, 2.45) is 0 Å². The quantitative estimate of drug-likeness (QED) is 0.167. The van der Waals surface area contributed by atoms with Crippen molar-refractivity contribution in [2.45, 2.75) is 37.3 Å². The Morgan fingerprint density at radius 1 is 0.881 bits per heavy atom. The van der Waals surface area contributed by atoms with Crippen LogP contribution < -0.4 is 14.8 Å². The zero-order valence-electron chi connectivity index (χ0n) is 23.6. The highest BCUT2D eigenvalue weighted by atomic mass is 32.2. The lowest BCUT2D eigenvalue weighted by atomic mass is 10.1. The maximum atomic E-state index is 15.5. The molecule has 0 saturated carbocycles. The molecule has 0 saturated heterocycles. The van der Waals surface area contributed by atoms with Gasteiger partial charge in [0.15, 0.2) is 0 Å². The van der Waals surface area contributed by atoms with E-state index in [-0.39, 0.29) is 27.5 Å². The smallest absolute Gasteiger partial charge is 0.268 e. The molecule has 0 aliphatic heterocycles. The van der Waals surface area contributed by atoms with Crippen molar-refractivity contribution in [2.75, 3.05) is 27.4 Å². The van der Waals surface area contributed by atoms with Crippen molar-refractivity contribution in [1.29, 1.82) is 0 Å². The van der Waals surface area contributed by atoms with Gasteiger partial charge in [0, 0.05) is 44.2 Å². The van der Waals surface area contributed by atoms with E-state index in [1.54, 1.807) is 32.4 Å². The molecule has 1 heterocycles. The van der Waals surface area contributed by atoms with Crippen LogP contribution in [0, 0.1) is 17.5 Å². The third-order valence-electron chi connectivity index (χ3n) is 6.53. The van der Waals surface area contributed by atoms with Crippen molar-refractivity contribution in [1.82, 2.24) is 9.29 Å². The molecule has 0 aliphatic rings. The standard InChI is InChI=1S/C31H33F3N2O5S/c1-21(31-27(32)10-7-11-28(31)33)41-24-12-13-26(29(34)18-24)30-16-22(19-35-2)20-36(30)42(37,38)25-9-6-8-23(17-25)40-15-5-4-14-39-3/h6-13,16-18,20-21,35H,4-5,14-15,19H2,1-3H3. The first kappa shape index (κ1) is 31.1. The molecule has 0 radical (unpaired) electrons. The van der Waals surface area contributed by atoms with Gasteiger partial charge in [-0.2, -0.15) is 0 Å². The SMILES string of the molecule is CNCc1cc(-c2ccc(OC(C)c3c(F)cccc3F)cc2F)n(S(=O)(=O)c2cccc(OCCCCOC)c2)c1. The number of methoxy groups -OCH3 is 1. The van der Waals surface area contributed by atoms with Crippen molar-refractivity contribution >= 4 is 10.0 Å². The zero-order valence-corrected chi connectivity index (χ0v) is 24.4. The lowest BCUT2D eigenvalue weighted by Gasteiger charge is -2.17. The third-order valence-corrected chi connectivity index (χ3v) is 8.20. The first-order chi connectivity index (χ1) is 20.1. The number of ether oxygens (including phenoxy) is 3. The van der Waals surface area contributed by atoms with Gasteiger partial charge in [-0.3, -0.25) is 0 Å². The van der Waals surface area contributed by atoms with Crippen molar-refractivity contribution < 1.29 is 35.8 Å². The highest BCUT2D eigenvalue weighted by molar-refractivity contribution is 7.90. The Labute approximate surface area is 243 Å². The van der Waals surface area contributed by atoms with Gasteiger partial charge in [0.1, 0.15) is 35.1 Å². The summed E-state index contributed by atoms with van der Waals surface area (Å²) in [6, 6.07) is 15.1. The van der Waals surface area contributed by atoms with Crippen molar-refractivity contribution in [3.05, 3.63) is 102 Å². The first-order valence-corrected chi connectivity index (χ1v) is 14.8. The number of aromatic nitrogens is 1. The van der Waals surface area contributed by atoms with Gasteiger partial charge in [-0.05, 0) is 74.8 Å². The molecule has 0 aliphatic carbocycles. The van der Waals surface area contributed by atoms with Crippen LogP contribution in [-0.2, 0) is 21.3 Å². The number of unbranched alkanes of at least 4 members (excludes halogenated alkanes) is 1. The summed E-state index contributed by atoms with van der Waals surface area (Å²) in [6.07, 6.45) is 1.95. The van der Waals surface area contributed by atoms with E-state index in [1.165, 1.54) is 43.5 Å². The summed E-state index contributed by atoms with van der Waals surface area (Å²) in [5, 5.41) is 2.97. The minimum atomic E-state index is -4.16. The third kappa shape index (κ3) is 7.15. The predicted molar refractivity (Wildman–Crippen MR) is 154 cm³/mol. The molecule has 0 fully saturated rings. The molecule has 0 bridgehead atoms. The molecule has 7 nitrogen and oxygen atoms in total. The fourth-order valence-electron chi connectivity index (χ4n) is 4.51. The normalized spacial score (nSPS) is 12.3. The summed E-state index contributed by atoms with van der Waals surface area (Å²) in [7, 11) is -0.824. The second-order valence-electron chi connectivity index (χ2n) is 9.63. The molecule has 224 valence electrons. The van der Waals surface area contributed by atoms with E-state index in [2.05, 4.69) is 5.32 Å². The van der Waals surface area contributed by atoms with Crippen LogP contribution in [0.2, 0.25) is 0 Å². The van der Waals surface area contributed by atoms with E-state index in [0.29, 0.717) is 31.1 Å². The van der Waals surface area contributed by atoms with E-state index >= 15 is 4.39 Å². The second-order valence-corrected chi connectivity index (χ2v) is 11.4. The van der Waals surface area contributed by atoms with Gasteiger partial charge in [0.05, 0.1) is 22.8 Å². The molecular formula is C31H33F3N2O5S. The monoisotopic (exact) mass is 602 g/mol. The summed E-state index contributed by atoms with van der Waals surface area (Å²) < 4.78 is 89.0. The van der Waals surface area contributed by atoms with Crippen LogP contribution >= 0.6 is 0 Å². The van der Waals surface area contributed by atoms with Crippen LogP contribution in [0.3, 0.4) is 0 Å². The number of halogens is 3. The fraction of sp³-hybridized carbons (Fsp3) is 0.290. The van der Waals surface area contributed by atoms with Gasteiger partial charge >= 0.3 is 0 Å². The van der Waals surface area contributed by atoms with E-state index < -0.39 is 33.6 Å². The maximum absolute atomic E-state index is 15.5.